The third kappa shape index (κ3) is 4.86. The van der Waals surface area contributed by atoms with Crippen LogP contribution in [0.25, 0.3) is 0 Å². The molecule has 2 aromatic rings. The summed E-state index contributed by atoms with van der Waals surface area (Å²) in [7, 11) is 1.59. The van der Waals surface area contributed by atoms with Crippen LogP contribution in [0.3, 0.4) is 0 Å². The molecule has 0 radical (unpaired) electrons. The average Bonchev–Trinajstić information content (AvgIpc) is 2.89. The van der Waals surface area contributed by atoms with E-state index in [9.17, 15) is 9.59 Å². The Bertz CT molecular complexity index is 932. The van der Waals surface area contributed by atoms with Gasteiger partial charge in [0, 0.05) is 11.6 Å². The maximum atomic E-state index is 12.9. The lowest BCUT2D eigenvalue weighted by molar-refractivity contribution is -0.134. The highest BCUT2D eigenvalue weighted by Gasteiger charge is 2.47. The summed E-state index contributed by atoms with van der Waals surface area (Å²) in [6, 6.07) is 14.5. The third-order valence-corrected chi connectivity index (χ3v) is 5.01. The van der Waals surface area contributed by atoms with Crippen LogP contribution < -0.4 is 15.4 Å². The van der Waals surface area contributed by atoms with Gasteiger partial charge in [-0.2, -0.15) is 0 Å². The second-order valence-corrected chi connectivity index (χ2v) is 7.56. The van der Waals surface area contributed by atoms with Crippen LogP contribution in [0.4, 0.5) is 0 Å². The van der Waals surface area contributed by atoms with Gasteiger partial charge in [-0.05, 0) is 42.3 Å². The second-order valence-electron chi connectivity index (χ2n) is 7.13. The molecule has 1 fully saturated rings. The number of carbonyl (C=O) groups is 2. The molecule has 1 aliphatic heterocycles. The summed E-state index contributed by atoms with van der Waals surface area (Å²) in [5, 5.41) is 14.4. The van der Waals surface area contributed by atoms with E-state index >= 15 is 0 Å². The first-order chi connectivity index (χ1) is 13.8. The molecule has 0 aromatic heterocycles. The normalized spacial score (nSPS) is 18.5. The van der Waals surface area contributed by atoms with Crippen molar-refractivity contribution < 1.29 is 14.3 Å². The molecule has 152 valence electrons. The number of rotatable bonds is 7. The zero-order valence-electron chi connectivity index (χ0n) is 16.3. The van der Waals surface area contributed by atoms with E-state index in [0.717, 1.165) is 16.9 Å². The van der Waals surface area contributed by atoms with Gasteiger partial charge < -0.3 is 15.4 Å². The second kappa shape index (κ2) is 8.53. The Morgan fingerprint density at radius 1 is 1.24 bits per heavy atom. The van der Waals surface area contributed by atoms with Gasteiger partial charge in [-0.3, -0.25) is 19.9 Å². The lowest BCUT2D eigenvalue weighted by atomic mass is 9.97. The monoisotopic (exact) mass is 414 g/mol. The van der Waals surface area contributed by atoms with Crippen molar-refractivity contribution in [2.45, 2.75) is 32.0 Å². The number of nitrogens with one attached hydrogen (secondary N) is 3. The van der Waals surface area contributed by atoms with Crippen LogP contribution in [0.2, 0.25) is 5.02 Å². The Labute approximate surface area is 174 Å². The first-order valence-electron chi connectivity index (χ1n) is 9.13. The smallest absolute Gasteiger partial charge is 0.255 e. The first kappa shape index (κ1) is 20.7. The highest BCUT2D eigenvalue weighted by Crippen LogP contribution is 2.23. The van der Waals surface area contributed by atoms with Crippen LogP contribution in [0.1, 0.15) is 24.5 Å². The molecule has 8 heteroatoms. The Morgan fingerprint density at radius 3 is 2.62 bits per heavy atom. The molecule has 0 aliphatic carbocycles. The SMILES string of the molecule is COc1ccc(CNC(=O)CC2(C)NC(=N)N(Cc3cccc(Cl)c3)C2=O)cc1. The molecule has 0 bridgehead atoms. The van der Waals surface area contributed by atoms with Crippen LogP contribution in [0.15, 0.2) is 48.5 Å². The number of hydrogen-bond acceptors (Lipinski definition) is 4. The molecule has 0 saturated carbocycles. The minimum absolute atomic E-state index is 0.0274. The summed E-state index contributed by atoms with van der Waals surface area (Å²) in [6.07, 6.45) is -0.0730. The van der Waals surface area contributed by atoms with E-state index in [4.69, 9.17) is 21.7 Å². The molecule has 1 saturated heterocycles. The number of carbonyl (C=O) groups excluding carboxylic acids is 2. The van der Waals surface area contributed by atoms with E-state index in [0.29, 0.717) is 11.6 Å². The van der Waals surface area contributed by atoms with Crippen molar-refractivity contribution in [2.75, 3.05) is 7.11 Å². The van der Waals surface area contributed by atoms with Gasteiger partial charge in [0.2, 0.25) is 5.91 Å². The predicted octanol–water partition coefficient (Wildman–Crippen LogP) is 2.68. The molecule has 2 aromatic carbocycles. The van der Waals surface area contributed by atoms with E-state index in [1.807, 2.05) is 30.3 Å². The van der Waals surface area contributed by atoms with Gasteiger partial charge in [-0.15, -0.1) is 0 Å². The summed E-state index contributed by atoms with van der Waals surface area (Å²) in [5.74, 6) is 0.121. The fourth-order valence-corrected chi connectivity index (χ4v) is 3.41. The van der Waals surface area contributed by atoms with Gasteiger partial charge in [0.15, 0.2) is 5.96 Å². The van der Waals surface area contributed by atoms with E-state index in [-0.39, 0.29) is 30.7 Å². The standard InChI is InChI=1S/C21H23ClN4O3/c1-21(11-18(27)24-12-14-6-8-17(29-2)9-7-14)19(28)26(20(23)25-21)13-15-4-3-5-16(22)10-15/h3-10H,11-13H2,1-2H3,(H2,23,25)(H,24,27). The number of hydrogen-bond donors (Lipinski definition) is 3. The van der Waals surface area contributed by atoms with E-state index in [1.54, 1.807) is 32.2 Å². The van der Waals surface area contributed by atoms with Crippen molar-refractivity contribution in [1.29, 1.82) is 5.41 Å². The topological polar surface area (TPSA) is 94.5 Å². The van der Waals surface area contributed by atoms with Crippen LogP contribution in [-0.4, -0.2) is 35.3 Å². The zero-order valence-corrected chi connectivity index (χ0v) is 17.0. The molecule has 1 atom stereocenters. The van der Waals surface area contributed by atoms with Crippen molar-refractivity contribution in [3.63, 3.8) is 0 Å². The van der Waals surface area contributed by atoms with Crippen molar-refractivity contribution in [3.05, 3.63) is 64.7 Å². The van der Waals surface area contributed by atoms with E-state index in [2.05, 4.69) is 10.6 Å². The first-order valence-corrected chi connectivity index (χ1v) is 9.51. The Morgan fingerprint density at radius 2 is 1.97 bits per heavy atom. The maximum absolute atomic E-state index is 12.9. The molecule has 1 unspecified atom stereocenters. The lowest BCUT2D eigenvalue weighted by Crippen LogP contribution is -2.47. The van der Waals surface area contributed by atoms with Gasteiger partial charge >= 0.3 is 0 Å². The third-order valence-electron chi connectivity index (χ3n) is 4.77. The highest BCUT2D eigenvalue weighted by molar-refractivity contribution is 6.30. The van der Waals surface area contributed by atoms with Crippen LogP contribution >= 0.6 is 11.6 Å². The van der Waals surface area contributed by atoms with Crippen LogP contribution in [0, 0.1) is 5.41 Å². The fourth-order valence-electron chi connectivity index (χ4n) is 3.20. The van der Waals surface area contributed by atoms with E-state index < -0.39 is 5.54 Å². The van der Waals surface area contributed by atoms with Crippen molar-refractivity contribution in [3.8, 4) is 5.75 Å². The Kier molecular flexibility index (Phi) is 6.08. The lowest BCUT2D eigenvalue weighted by Gasteiger charge is -2.21. The van der Waals surface area contributed by atoms with Gasteiger partial charge in [0.05, 0.1) is 20.1 Å². The molecule has 3 N–H and O–H groups in total. The number of methoxy groups -OCH3 is 1. The number of halogens is 1. The molecule has 3 rings (SSSR count). The molecule has 7 nitrogen and oxygen atoms in total. The van der Waals surface area contributed by atoms with Crippen molar-refractivity contribution >= 4 is 29.4 Å². The van der Waals surface area contributed by atoms with Gasteiger partial charge in [-0.25, -0.2) is 0 Å². The van der Waals surface area contributed by atoms with Crippen molar-refractivity contribution in [1.82, 2.24) is 15.5 Å². The van der Waals surface area contributed by atoms with Crippen LogP contribution in [-0.2, 0) is 22.7 Å². The number of benzene rings is 2. The molecule has 0 spiro atoms. The quantitative estimate of drug-likeness (QED) is 0.649. The van der Waals surface area contributed by atoms with E-state index in [1.165, 1.54) is 4.90 Å². The molecule has 1 heterocycles. The minimum atomic E-state index is -1.17. The fraction of sp³-hybridized carbons (Fsp3) is 0.286. The number of nitrogens with zero attached hydrogens (tertiary/aromatic N) is 1. The van der Waals surface area contributed by atoms with Crippen LogP contribution in [0.5, 0.6) is 5.75 Å². The van der Waals surface area contributed by atoms with Gasteiger partial charge in [0.1, 0.15) is 11.3 Å². The highest BCUT2D eigenvalue weighted by atomic mass is 35.5. The Balaban J connectivity index is 1.59. The molecular formula is C21H23ClN4O3. The summed E-state index contributed by atoms with van der Waals surface area (Å²) < 4.78 is 5.11. The van der Waals surface area contributed by atoms with Gasteiger partial charge in [-0.1, -0.05) is 35.9 Å². The number of ether oxygens (including phenoxy) is 1. The maximum Gasteiger partial charge on any atom is 0.255 e. The summed E-state index contributed by atoms with van der Waals surface area (Å²) >= 11 is 6.00. The molecular weight excluding hydrogens is 392 g/mol. The summed E-state index contributed by atoms with van der Waals surface area (Å²) in [5.41, 5.74) is 0.565. The average molecular weight is 415 g/mol. The molecule has 29 heavy (non-hydrogen) atoms. The largest absolute Gasteiger partial charge is 0.497 e. The molecule has 2 amide bonds. The Hall–Kier alpha value is -3.06. The van der Waals surface area contributed by atoms with Crippen molar-refractivity contribution in [2.24, 2.45) is 0 Å². The molecule has 1 aliphatic rings. The zero-order chi connectivity index (χ0) is 21.0. The number of guanidine groups is 1. The predicted molar refractivity (Wildman–Crippen MR) is 111 cm³/mol. The van der Waals surface area contributed by atoms with Gasteiger partial charge in [0.25, 0.3) is 5.91 Å². The summed E-state index contributed by atoms with van der Waals surface area (Å²) in [6.45, 7) is 2.19. The number of amides is 2. The minimum Gasteiger partial charge on any atom is -0.497 e. The summed E-state index contributed by atoms with van der Waals surface area (Å²) in [4.78, 5) is 26.7.